The average Bonchev–Trinajstić information content (AvgIpc) is 2.55. The van der Waals surface area contributed by atoms with Crippen LogP contribution in [0.15, 0.2) is 0 Å². The molecule has 2 rings (SSSR count). The minimum atomic E-state index is 0.815. The van der Waals surface area contributed by atoms with Crippen LogP contribution in [0.2, 0.25) is 0 Å². The van der Waals surface area contributed by atoms with E-state index in [0.29, 0.717) is 0 Å². The molecular formula is C20H39N. The van der Waals surface area contributed by atoms with Gasteiger partial charge in [0.05, 0.1) is 0 Å². The lowest BCUT2D eigenvalue weighted by Gasteiger charge is -2.40. The number of hydrogen-bond acceptors (Lipinski definition) is 1. The second-order valence-electron chi connectivity index (χ2n) is 7.93. The summed E-state index contributed by atoms with van der Waals surface area (Å²) in [4.78, 5) is 0. The van der Waals surface area contributed by atoms with Crippen molar-refractivity contribution in [2.45, 2.75) is 96.9 Å². The predicted octanol–water partition coefficient (Wildman–Crippen LogP) is 5.79. The minimum Gasteiger partial charge on any atom is -0.316 e. The van der Waals surface area contributed by atoms with E-state index in [9.17, 15) is 0 Å². The van der Waals surface area contributed by atoms with Crippen LogP contribution in [0.25, 0.3) is 0 Å². The summed E-state index contributed by atoms with van der Waals surface area (Å²) in [7, 11) is 2.22. The van der Waals surface area contributed by atoms with Gasteiger partial charge in [0.1, 0.15) is 0 Å². The lowest BCUT2D eigenvalue weighted by Crippen LogP contribution is -2.43. The van der Waals surface area contributed by atoms with Crippen LogP contribution in [0.1, 0.15) is 90.9 Å². The first-order valence-corrected chi connectivity index (χ1v) is 9.95. The third-order valence-corrected chi connectivity index (χ3v) is 6.68. The zero-order chi connectivity index (χ0) is 15.1. The van der Waals surface area contributed by atoms with E-state index in [0.717, 1.165) is 29.7 Å². The van der Waals surface area contributed by atoms with Gasteiger partial charge in [-0.15, -0.1) is 0 Å². The first kappa shape index (κ1) is 17.3. The smallest absolute Gasteiger partial charge is 0.0121 e. The van der Waals surface area contributed by atoms with Crippen molar-refractivity contribution in [3.8, 4) is 0 Å². The Balaban J connectivity index is 1.77. The quantitative estimate of drug-likeness (QED) is 0.626. The van der Waals surface area contributed by atoms with Gasteiger partial charge in [0.25, 0.3) is 0 Å². The fraction of sp³-hybridized carbons (Fsp3) is 1.00. The van der Waals surface area contributed by atoms with Crippen LogP contribution in [0, 0.1) is 23.7 Å². The molecule has 0 heterocycles. The molecule has 1 N–H and O–H groups in total. The molecule has 0 aromatic heterocycles. The topological polar surface area (TPSA) is 12.0 Å². The molecule has 2 aliphatic rings. The number of nitrogens with one attached hydrogen (secondary N) is 1. The lowest BCUT2D eigenvalue weighted by molar-refractivity contribution is 0.140. The van der Waals surface area contributed by atoms with Crippen LogP contribution in [-0.2, 0) is 0 Å². The molecule has 0 aromatic carbocycles. The maximum Gasteiger partial charge on any atom is 0.0121 e. The van der Waals surface area contributed by atoms with Gasteiger partial charge in [-0.25, -0.2) is 0 Å². The fourth-order valence-electron chi connectivity index (χ4n) is 5.14. The summed E-state index contributed by atoms with van der Waals surface area (Å²) in [5.41, 5.74) is 0. The van der Waals surface area contributed by atoms with Crippen molar-refractivity contribution in [3.05, 3.63) is 0 Å². The largest absolute Gasteiger partial charge is 0.316 e. The molecule has 0 spiro atoms. The van der Waals surface area contributed by atoms with Crippen LogP contribution < -0.4 is 5.32 Å². The molecule has 0 aliphatic heterocycles. The standard InChI is InChI=1S/C20H39N/c1-4-6-7-17-10-14-19(15-11-17)20(21-3)18-12-8-16(5-2)9-13-18/h16-21H,4-15H2,1-3H3. The van der Waals surface area contributed by atoms with Gasteiger partial charge in [-0.05, 0) is 56.4 Å². The first-order chi connectivity index (χ1) is 10.3. The van der Waals surface area contributed by atoms with E-state index >= 15 is 0 Å². The second-order valence-corrected chi connectivity index (χ2v) is 7.93. The van der Waals surface area contributed by atoms with Gasteiger partial charge in [-0.1, -0.05) is 65.2 Å². The first-order valence-electron chi connectivity index (χ1n) is 9.95. The van der Waals surface area contributed by atoms with E-state index < -0.39 is 0 Å². The minimum absolute atomic E-state index is 0.815. The third-order valence-electron chi connectivity index (χ3n) is 6.68. The highest BCUT2D eigenvalue weighted by Gasteiger charge is 2.33. The van der Waals surface area contributed by atoms with Crippen LogP contribution in [0.5, 0.6) is 0 Å². The Morgan fingerprint density at radius 1 is 0.810 bits per heavy atom. The highest BCUT2D eigenvalue weighted by atomic mass is 14.9. The van der Waals surface area contributed by atoms with Crippen LogP contribution >= 0.6 is 0 Å². The van der Waals surface area contributed by atoms with Crippen molar-refractivity contribution in [1.29, 1.82) is 0 Å². The average molecular weight is 294 g/mol. The van der Waals surface area contributed by atoms with Crippen molar-refractivity contribution >= 4 is 0 Å². The zero-order valence-electron chi connectivity index (χ0n) is 14.9. The van der Waals surface area contributed by atoms with Gasteiger partial charge in [-0.3, -0.25) is 0 Å². The maximum absolute atomic E-state index is 3.73. The summed E-state index contributed by atoms with van der Waals surface area (Å²) in [6.07, 6.45) is 17.7. The summed E-state index contributed by atoms with van der Waals surface area (Å²) in [5, 5.41) is 3.73. The summed E-state index contributed by atoms with van der Waals surface area (Å²) < 4.78 is 0. The van der Waals surface area contributed by atoms with E-state index in [4.69, 9.17) is 0 Å². The molecule has 21 heavy (non-hydrogen) atoms. The Kier molecular flexibility index (Phi) is 7.57. The van der Waals surface area contributed by atoms with Gasteiger partial charge < -0.3 is 5.32 Å². The predicted molar refractivity (Wildman–Crippen MR) is 93.6 cm³/mol. The van der Waals surface area contributed by atoms with E-state index in [1.165, 1.54) is 77.0 Å². The van der Waals surface area contributed by atoms with Crippen molar-refractivity contribution < 1.29 is 0 Å². The molecule has 2 fully saturated rings. The van der Waals surface area contributed by atoms with Gasteiger partial charge >= 0.3 is 0 Å². The lowest BCUT2D eigenvalue weighted by atomic mass is 9.69. The van der Waals surface area contributed by atoms with Crippen molar-refractivity contribution in [3.63, 3.8) is 0 Å². The van der Waals surface area contributed by atoms with E-state index in [1.54, 1.807) is 0 Å². The van der Waals surface area contributed by atoms with E-state index in [1.807, 2.05) is 0 Å². The highest BCUT2D eigenvalue weighted by molar-refractivity contribution is 4.88. The second kappa shape index (κ2) is 9.18. The van der Waals surface area contributed by atoms with Gasteiger partial charge in [0, 0.05) is 6.04 Å². The molecule has 1 heteroatoms. The Labute approximate surface area is 133 Å². The summed E-state index contributed by atoms with van der Waals surface area (Å²) in [6.45, 7) is 4.70. The van der Waals surface area contributed by atoms with Crippen LogP contribution in [0.3, 0.4) is 0 Å². The molecule has 0 amide bonds. The number of hydrogen-bond donors (Lipinski definition) is 1. The molecule has 0 radical (unpaired) electrons. The summed E-state index contributed by atoms with van der Waals surface area (Å²) in [5.74, 6) is 4.02. The van der Waals surface area contributed by atoms with Crippen molar-refractivity contribution in [2.24, 2.45) is 23.7 Å². The molecule has 1 atom stereocenters. The van der Waals surface area contributed by atoms with Crippen LogP contribution in [-0.4, -0.2) is 13.1 Å². The Morgan fingerprint density at radius 2 is 1.33 bits per heavy atom. The molecule has 1 unspecified atom stereocenters. The molecule has 2 aliphatic carbocycles. The monoisotopic (exact) mass is 293 g/mol. The van der Waals surface area contributed by atoms with Crippen molar-refractivity contribution in [1.82, 2.24) is 5.32 Å². The molecule has 0 aromatic rings. The van der Waals surface area contributed by atoms with Gasteiger partial charge in [0.2, 0.25) is 0 Å². The Morgan fingerprint density at radius 3 is 1.76 bits per heavy atom. The number of rotatable bonds is 7. The highest BCUT2D eigenvalue weighted by Crippen LogP contribution is 2.40. The molecule has 2 saturated carbocycles. The van der Waals surface area contributed by atoms with Crippen LogP contribution in [0.4, 0.5) is 0 Å². The van der Waals surface area contributed by atoms with Gasteiger partial charge in [0.15, 0.2) is 0 Å². The summed E-state index contributed by atoms with van der Waals surface area (Å²) >= 11 is 0. The SMILES string of the molecule is CCCCC1CCC(C(NC)C2CCC(CC)CC2)CC1. The maximum atomic E-state index is 3.73. The van der Waals surface area contributed by atoms with Gasteiger partial charge in [-0.2, -0.15) is 0 Å². The number of unbranched alkanes of at least 4 members (excludes halogenated alkanes) is 1. The molecule has 1 nitrogen and oxygen atoms in total. The molecule has 0 saturated heterocycles. The van der Waals surface area contributed by atoms with E-state index in [-0.39, 0.29) is 0 Å². The molecule has 0 bridgehead atoms. The third kappa shape index (κ3) is 4.98. The fourth-order valence-corrected chi connectivity index (χ4v) is 5.14. The normalized spacial score (nSPS) is 35.6. The molecule has 124 valence electrons. The summed E-state index contributed by atoms with van der Waals surface area (Å²) in [6, 6.07) is 0.815. The Bertz CT molecular complexity index is 259. The molecular weight excluding hydrogens is 254 g/mol. The van der Waals surface area contributed by atoms with E-state index in [2.05, 4.69) is 26.2 Å². The Hall–Kier alpha value is -0.0400. The zero-order valence-corrected chi connectivity index (χ0v) is 14.9. The van der Waals surface area contributed by atoms with Crippen molar-refractivity contribution in [2.75, 3.05) is 7.05 Å².